The van der Waals surface area contributed by atoms with Crippen LogP contribution in [-0.2, 0) is 21.5 Å². The molecule has 0 bridgehead atoms. The van der Waals surface area contributed by atoms with Gasteiger partial charge in [-0.05, 0) is 36.6 Å². The minimum absolute atomic E-state index is 0.0122. The van der Waals surface area contributed by atoms with Crippen molar-refractivity contribution in [1.82, 2.24) is 14.7 Å². The Morgan fingerprint density at radius 2 is 2.22 bits per heavy atom. The number of benzene rings is 1. The van der Waals surface area contributed by atoms with E-state index in [2.05, 4.69) is 26.3 Å². The summed E-state index contributed by atoms with van der Waals surface area (Å²) in [5, 5.41) is 7.00. The number of nitrogens with zero attached hydrogens (tertiary/aromatic N) is 3. The van der Waals surface area contributed by atoms with E-state index in [0.29, 0.717) is 30.9 Å². The average Bonchev–Trinajstić information content (AvgIpc) is 3.28. The third-order valence-electron chi connectivity index (χ3n) is 5.19. The standard InChI is InChI=1S/C19H21BrN4O3/c1-27-7-6-24-10-14(9-21-24)22-17(25)11-23-12-19(4-5-19)16-8-13(20)2-3-15(16)18(23)26/h2-3,8-10H,4-7,11-12H2,1H3,(H,22,25). The fourth-order valence-electron chi connectivity index (χ4n) is 3.65. The van der Waals surface area contributed by atoms with Crippen molar-refractivity contribution in [2.24, 2.45) is 0 Å². The van der Waals surface area contributed by atoms with Crippen LogP contribution in [-0.4, -0.2) is 53.3 Å². The number of aromatic nitrogens is 2. The number of amides is 2. The molecule has 0 radical (unpaired) electrons. The SMILES string of the molecule is COCCn1cc(NC(=O)CN2CC3(CC3)c3cc(Br)ccc3C2=O)cn1. The minimum atomic E-state index is -0.217. The summed E-state index contributed by atoms with van der Waals surface area (Å²) in [6.07, 6.45) is 5.45. The van der Waals surface area contributed by atoms with Crippen molar-refractivity contribution in [1.29, 1.82) is 0 Å². The topological polar surface area (TPSA) is 76.5 Å². The van der Waals surface area contributed by atoms with Crippen LogP contribution in [0.3, 0.4) is 0 Å². The summed E-state index contributed by atoms with van der Waals surface area (Å²) < 4.78 is 7.70. The van der Waals surface area contributed by atoms with Crippen LogP contribution in [0.2, 0.25) is 0 Å². The van der Waals surface area contributed by atoms with Gasteiger partial charge < -0.3 is 15.0 Å². The first-order valence-corrected chi connectivity index (χ1v) is 9.71. The molecule has 1 N–H and O–H groups in total. The maximum atomic E-state index is 12.9. The van der Waals surface area contributed by atoms with Crippen LogP contribution < -0.4 is 5.32 Å². The third kappa shape index (κ3) is 3.64. The molecule has 1 spiro atoms. The lowest BCUT2D eigenvalue weighted by Gasteiger charge is -2.34. The summed E-state index contributed by atoms with van der Waals surface area (Å²) >= 11 is 3.50. The van der Waals surface area contributed by atoms with Crippen LogP contribution in [0.1, 0.15) is 28.8 Å². The second kappa shape index (κ2) is 7.09. The summed E-state index contributed by atoms with van der Waals surface area (Å²) in [5.74, 6) is -0.299. The van der Waals surface area contributed by atoms with Crippen LogP contribution in [0, 0.1) is 0 Å². The largest absolute Gasteiger partial charge is 0.383 e. The minimum Gasteiger partial charge on any atom is -0.383 e. The van der Waals surface area contributed by atoms with Gasteiger partial charge in [0.15, 0.2) is 0 Å². The van der Waals surface area contributed by atoms with Crippen molar-refractivity contribution in [3.63, 3.8) is 0 Å². The van der Waals surface area contributed by atoms with Crippen molar-refractivity contribution in [3.8, 4) is 0 Å². The van der Waals surface area contributed by atoms with Crippen LogP contribution >= 0.6 is 15.9 Å². The Morgan fingerprint density at radius 3 is 2.96 bits per heavy atom. The van der Waals surface area contributed by atoms with E-state index in [1.165, 1.54) is 0 Å². The van der Waals surface area contributed by atoms with Crippen LogP contribution in [0.4, 0.5) is 5.69 Å². The summed E-state index contributed by atoms with van der Waals surface area (Å²) in [7, 11) is 1.63. The molecule has 2 aliphatic rings. The molecule has 1 saturated carbocycles. The van der Waals surface area contributed by atoms with Crippen LogP contribution in [0.15, 0.2) is 35.1 Å². The fourth-order valence-corrected chi connectivity index (χ4v) is 4.01. The Morgan fingerprint density at radius 1 is 1.41 bits per heavy atom. The lowest BCUT2D eigenvalue weighted by Crippen LogP contribution is -2.46. The zero-order valence-electron chi connectivity index (χ0n) is 15.1. The third-order valence-corrected chi connectivity index (χ3v) is 5.69. The van der Waals surface area contributed by atoms with Gasteiger partial charge in [0.2, 0.25) is 5.91 Å². The fraction of sp³-hybridized carbons (Fsp3) is 0.421. The Labute approximate surface area is 165 Å². The molecular formula is C19H21BrN4O3. The molecule has 8 heteroatoms. The number of anilines is 1. The number of carbonyl (C=O) groups is 2. The molecule has 1 aromatic carbocycles. The van der Waals surface area contributed by atoms with E-state index in [-0.39, 0.29) is 23.8 Å². The molecule has 0 saturated heterocycles. The van der Waals surface area contributed by atoms with Gasteiger partial charge in [-0.25, -0.2) is 0 Å². The molecule has 2 heterocycles. The van der Waals surface area contributed by atoms with Crippen molar-refractivity contribution < 1.29 is 14.3 Å². The van der Waals surface area contributed by atoms with Gasteiger partial charge in [0.25, 0.3) is 5.91 Å². The lowest BCUT2D eigenvalue weighted by molar-refractivity contribution is -0.117. The van der Waals surface area contributed by atoms with Gasteiger partial charge in [-0.3, -0.25) is 14.3 Å². The van der Waals surface area contributed by atoms with Gasteiger partial charge in [-0.2, -0.15) is 5.10 Å². The highest BCUT2D eigenvalue weighted by Crippen LogP contribution is 2.52. The first kappa shape index (κ1) is 18.2. The second-order valence-electron chi connectivity index (χ2n) is 7.16. The van der Waals surface area contributed by atoms with Gasteiger partial charge in [-0.15, -0.1) is 0 Å². The van der Waals surface area contributed by atoms with Gasteiger partial charge in [-0.1, -0.05) is 15.9 Å². The quantitative estimate of drug-likeness (QED) is 0.760. The number of hydrogen-bond acceptors (Lipinski definition) is 4. The number of halogens is 1. The number of ether oxygens (including phenoxy) is 1. The molecule has 4 rings (SSSR count). The molecule has 1 fully saturated rings. The molecule has 1 aliphatic carbocycles. The summed E-state index contributed by atoms with van der Waals surface area (Å²) in [5.41, 5.74) is 2.45. The van der Waals surface area contributed by atoms with Crippen LogP contribution in [0.5, 0.6) is 0 Å². The molecule has 0 atom stereocenters. The number of methoxy groups -OCH3 is 1. The predicted molar refractivity (Wildman–Crippen MR) is 104 cm³/mol. The highest BCUT2D eigenvalue weighted by atomic mass is 79.9. The molecule has 142 valence electrons. The molecule has 2 aromatic rings. The molecule has 1 aliphatic heterocycles. The Kier molecular flexibility index (Phi) is 4.77. The Hall–Kier alpha value is -2.19. The van der Waals surface area contributed by atoms with Gasteiger partial charge >= 0.3 is 0 Å². The van der Waals surface area contributed by atoms with Gasteiger partial charge in [0.1, 0.15) is 6.54 Å². The summed E-state index contributed by atoms with van der Waals surface area (Å²) in [6.45, 7) is 1.80. The molecule has 27 heavy (non-hydrogen) atoms. The average molecular weight is 433 g/mol. The van der Waals surface area contributed by atoms with Crippen molar-refractivity contribution in [3.05, 3.63) is 46.2 Å². The van der Waals surface area contributed by atoms with Crippen molar-refractivity contribution in [2.45, 2.75) is 24.8 Å². The van der Waals surface area contributed by atoms with E-state index in [1.807, 2.05) is 18.2 Å². The maximum Gasteiger partial charge on any atom is 0.254 e. The molecular weight excluding hydrogens is 412 g/mol. The summed E-state index contributed by atoms with van der Waals surface area (Å²) in [4.78, 5) is 27.0. The Balaban J connectivity index is 1.44. The van der Waals surface area contributed by atoms with E-state index < -0.39 is 0 Å². The predicted octanol–water partition coefficient (Wildman–Crippen LogP) is 2.42. The first-order valence-electron chi connectivity index (χ1n) is 8.91. The number of fused-ring (bicyclic) bond motifs is 2. The van der Waals surface area contributed by atoms with E-state index in [1.54, 1.807) is 29.1 Å². The van der Waals surface area contributed by atoms with E-state index >= 15 is 0 Å². The number of carbonyl (C=O) groups excluding carboxylic acids is 2. The summed E-state index contributed by atoms with van der Waals surface area (Å²) in [6, 6.07) is 5.78. The highest BCUT2D eigenvalue weighted by Gasteiger charge is 2.51. The van der Waals surface area contributed by atoms with E-state index in [4.69, 9.17) is 4.74 Å². The molecule has 0 unspecified atom stereocenters. The van der Waals surface area contributed by atoms with Gasteiger partial charge in [0.05, 0.1) is 25.0 Å². The normalized spacial score (nSPS) is 17.1. The highest BCUT2D eigenvalue weighted by molar-refractivity contribution is 9.10. The number of nitrogens with one attached hydrogen (secondary N) is 1. The number of hydrogen-bond donors (Lipinski definition) is 1. The number of rotatable bonds is 6. The lowest BCUT2D eigenvalue weighted by atomic mass is 9.86. The Bertz CT molecular complexity index is 891. The first-order chi connectivity index (χ1) is 13.0. The zero-order valence-corrected chi connectivity index (χ0v) is 16.7. The zero-order chi connectivity index (χ0) is 19.0. The van der Waals surface area contributed by atoms with E-state index in [9.17, 15) is 9.59 Å². The molecule has 7 nitrogen and oxygen atoms in total. The van der Waals surface area contributed by atoms with Crippen LogP contribution in [0.25, 0.3) is 0 Å². The van der Waals surface area contributed by atoms with Crippen molar-refractivity contribution in [2.75, 3.05) is 32.1 Å². The molecule has 1 aromatic heterocycles. The second-order valence-corrected chi connectivity index (χ2v) is 8.08. The molecule has 2 amide bonds. The maximum absolute atomic E-state index is 12.9. The monoisotopic (exact) mass is 432 g/mol. The van der Waals surface area contributed by atoms with Crippen molar-refractivity contribution >= 4 is 33.4 Å². The van der Waals surface area contributed by atoms with Gasteiger partial charge in [0, 0.05) is 35.3 Å². The van der Waals surface area contributed by atoms with E-state index in [0.717, 1.165) is 22.9 Å². The smallest absolute Gasteiger partial charge is 0.254 e.